The molecule has 0 heterocycles. The molecule has 0 aromatic heterocycles. The maximum absolute atomic E-state index is 10.7. The average molecular weight is 838 g/mol. The van der Waals surface area contributed by atoms with E-state index in [-0.39, 0.29) is 47.8 Å². The normalized spacial score (nSPS) is 12.5. The predicted molar refractivity (Wildman–Crippen MR) is 124 cm³/mol. The number of alkyl halides is 6. The topological polar surface area (TPSA) is 114 Å². The van der Waals surface area contributed by atoms with E-state index in [0.717, 1.165) is 0 Å². The van der Waals surface area contributed by atoms with Crippen molar-refractivity contribution >= 4 is 20.2 Å². The highest BCUT2D eigenvalue weighted by Gasteiger charge is 2.37. The minimum atomic E-state index is -6.09. The monoisotopic (exact) mass is 838 g/mol. The van der Waals surface area contributed by atoms with Crippen LogP contribution in [-0.4, -0.2) is 37.0 Å². The van der Waals surface area contributed by atoms with Crippen LogP contribution in [0.3, 0.4) is 0 Å². The minimum Gasteiger partial charge on any atom is -0.741 e. The summed E-state index contributed by atoms with van der Waals surface area (Å²) in [5.74, 6) is 0. The lowest BCUT2D eigenvalue weighted by Crippen LogP contribution is -3.62. The molecule has 0 atom stereocenters. The fraction of sp³-hybridized carbons (Fsp3) is 0.250. The number of halogens is 8. The van der Waals surface area contributed by atoms with Gasteiger partial charge in [-0.1, -0.05) is 51.1 Å². The lowest BCUT2D eigenvalue weighted by Gasteiger charge is -2.18. The maximum atomic E-state index is 10.7. The van der Waals surface area contributed by atoms with Crippen LogP contribution in [0.15, 0.2) is 78.9 Å². The van der Waals surface area contributed by atoms with Crippen molar-refractivity contribution in [2.24, 2.45) is 0 Å². The first-order valence-corrected chi connectivity index (χ1v) is 17.7. The van der Waals surface area contributed by atoms with Gasteiger partial charge in [0.15, 0.2) is 34.5 Å². The van der Waals surface area contributed by atoms with Gasteiger partial charge in [0.25, 0.3) is 0 Å². The Balaban J connectivity index is 0.000000412. The predicted octanol–water partition coefficient (Wildman–Crippen LogP) is -0.656. The fourth-order valence-corrected chi connectivity index (χ4v) is 6.67. The SMILES string of the molecule is CC(C)(C)c1ccc([I+]c2ccc([I+]c3ccccc3)cc2)cc1.O=S(=O)([O-])C(F)(F)F.O=S(=O)([O-])C(F)(F)F. The summed E-state index contributed by atoms with van der Waals surface area (Å²) in [4.78, 5) is 0. The van der Waals surface area contributed by atoms with E-state index in [1.54, 1.807) is 0 Å². The smallest absolute Gasteiger partial charge is 0.485 e. The van der Waals surface area contributed by atoms with Gasteiger partial charge < -0.3 is 9.11 Å². The zero-order chi connectivity index (χ0) is 31.0. The molecule has 0 saturated carbocycles. The third-order valence-electron chi connectivity index (χ3n) is 4.25. The van der Waals surface area contributed by atoms with Crippen molar-refractivity contribution in [1.82, 2.24) is 0 Å². The molecule has 222 valence electrons. The Labute approximate surface area is 249 Å². The molecule has 0 aliphatic carbocycles. The molecule has 40 heavy (non-hydrogen) atoms. The molecule has 3 aromatic rings. The zero-order valence-electron chi connectivity index (χ0n) is 20.8. The third kappa shape index (κ3) is 13.5. The summed E-state index contributed by atoms with van der Waals surface area (Å²) in [7, 11) is -12.2. The molecule has 3 aromatic carbocycles. The first kappa shape index (κ1) is 36.5. The van der Waals surface area contributed by atoms with Crippen LogP contribution in [0.1, 0.15) is 26.3 Å². The van der Waals surface area contributed by atoms with E-state index in [2.05, 4.69) is 99.6 Å². The first-order chi connectivity index (χ1) is 18.0. The summed E-state index contributed by atoms with van der Waals surface area (Å²) in [5, 5.41) is 0. The average Bonchev–Trinajstić information content (AvgIpc) is 2.79. The van der Waals surface area contributed by atoms with Crippen molar-refractivity contribution in [3.63, 3.8) is 0 Å². The largest absolute Gasteiger partial charge is 0.741 e. The van der Waals surface area contributed by atoms with Gasteiger partial charge in [-0.2, -0.15) is 26.3 Å². The molecule has 3 rings (SSSR count). The fourth-order valence-electron chi connectivity index (χ4n) is 2.30. The van der Waals surface area contributed by atoms with Crippen molar-refractivity contribution in [3.8, 4) is 0 Å². The third-order valence-corrected chi connectivity index (χ3v) is 10.8. The molecule has 0 bridgehead atoms. The molecular formula is C24H22F6I2O6S2. The molecule has 0 aliphatic heterocycles. The van der Waals surface area contributed by atoms with Crippen molar-refractivity contribution in [3.05, 3.63) is 98.7 Å². The van der Waals surface area contributed by atoms with Crippen molar-refractivity contribution < 1.29 is 94.7 Å². The van der Waals surface area contributed by atoms with Crippen LogP contribution < -0.4 is 42.4 Å². The summed E-state index contributed by atoms with van der Waals surface area (Å²) < 4.78 is 124. The molecule has 6 nitrogen and oxygen atoms in total. The van der Waals surface area contributed by atoms with E-state index in [4.69, 9.17) is 25.9 Å². The Morgan fingerprint density at radius 3 is 1.02 bits per heavy atom. The van der Waals surface area contributed by atoms with E-state index in [9.17, 15) is 26.3 Å². The number of rotatable bonds is 4. The van der Waals surface area contributed by atoms with E-state index in [1.165, 1.54) is 19.8 Å². The van der Waals surface area contributed by atoms with E-state index >= 15 is 0 Å². The molecule has 0 aliphatic rings. The zero-order valence-corrected chi connectivity index (χ0v) is 26.7. The standard InChI is InChI=1S/C22H22I2.2CHF3O3S/c1-22(2,3)17-9-11-19(12-10-17)24-21-15-13-20(14-16-21)23-18-7-5-4-6-8-18;2*2-1(3,4)8(5,6)7/h4-16H,1-3H3;2*(H,5,6,7)/q+2;;/p-2. The Morgan fingerprint density at radius 1 is 0.525 bits per heavy atom. The van der Waals surface area contributed by atoms with Gasteiger partial charge in [-0.3, -0.25) is 0 Å². The Morgan fingerprint density at radius 2 is 0.775 bits per heavy atom. The second-order valence-electron chi connectivity index (χ2n) is 8.48. The van der Waals surface area contributed by atoms with Crippen LogP contribution in [0.5, 0.6) is 0 Å². The Hall–Kier alpha value is -1.48. The van der Waals surface area contributed by atoms with Crippen molar-refractivity contribution in [2.45, 2.75) is 37.2 Å². The van der Waals surface area contributed by atoms with Gasteiger partial charge in [-0.15, -0.1) is 0 Å². The highest BCUT2D eigenvalue weighted by atomic mass is 127. The molecule has 0 radical (unpaired) electrons. The van der Waals surface area contributed by atoms with Crippen LogP contribution in [0, 0.1) is 14.3 Å². The lowest BCUT2D eigenvalue weighted by molar-refractivity contribution is -0.603. The van der Waals surface area contributed by atoms with E-state index in [0.29, 0.717) is 0 Å². The Bertz CT molecular complexity index is 1380. The summed E-state index contributed by atoms with van der Waals surface area (Å²) in [6.07, 6.45) is 0. The second kappa shape index (κ2) is 14.6. The highest BCUT2D eigenvalue weighted by molar-refractivity contribution is 7.86. The summed E-state index contributed by atoms with van der Waals surface area (Å²) >= 11 is -0.132. The second-order valence-corrected chi connectivity index (χ2v) is 17.3. The van der Waals surface area contributed by atoms with E-state index in [1.807, 2.05) is 0 Å². The van der Waals surface area contributed by atoms with Crippen LogP contribution in [0.2, 0.25) is 0 Å². The molecule has 0 fully saturated rings. The quantitative estimate of drug-likeness (QED) is 0.150. The van der Waals surface area contributed by atoms with Gasteiger partial charge in [0, 0.05) is 0 Å². The number of benzene rings is 3. The van der Waals surface area contributed by atoms with Gasteiger partial charge >= 0.3 is 53.4 Å². The lowest BCUT2D eigenvalue weighted by atomic mass is 9.87. The molecule has 0 N–H and O–H groups in total. The summed E-state index contributed by atoms with van der Waals surface area (Å²) in [6.45, 7) is 6.81. The molecular weight excluding hydrogens is 816 g/mol. The molecule has 0 saturated heterocycles. The molecule has 0 unspecified atom stereocenters. The van der Waals surface area contributed by atoms with Gasteiger partial charge in [0.05, 0.1) is 0 Å². The first-order valence-electron chi connectivity index (χ1n) is 10.6. The van der Waals surface area contributed by atoms with Crippen LogP contribution in [-0.2, 0) is 25.7 Å². The van der Waals surface area contributed by atoms with Crippen molar-refractivity contribution in [1.29, 1.82) is 0 Å². The van der Waals surface area contributed by atoms with Gasteiger partial charge in [0.1, 0.15) is 0 Å². The number of hydrogen-bond acceptors (Lipinski definition) is 6. The van der Waals surface area contributed by atoms with E-state index < -0.39 is 31.3 Å². The molecule has 0 spiro atoms. The minimum absolute atomic E-state index is 0.0502. The van der Waals surface area contributed by atoms with Crippen LogP contribution in [0.4, 0.5) is 26.3 Å². The molecule has 0 amide bonds. The maximum Gasteiger partial charge on any atom is 0.485 e. The number of hydrogen-bond donors (Lipinski definition) is 0. The molecule has 16 heteroatoms. The summed E-state index contributed by atoms with van der Waals surface area (Å²) in [5.41, 5.74) is -9.64. The van der Waals surface area contributed by atoms with Gasteiger partial charge in [0.2, 0.25) is 0 Å². The summed E-state index contributed by atoms with van der Waals surface area (Å²) in [6, 6.07) is 29.4. The highest BCUT2D eigenvalue weighted by Crippen LogP contribution is 2.22. The van der Waals surface area contributed by atoms with Gasteiger partial charge in [-0.05, 0) is 59.5 Å². The van der Waals surface area contributed by atoms with Crippen LogP contribution >= 0.6 is 0 Å². The van der Waals surface area contributed by atoms with Crippen LogP contribution in [0.25, 0.3) is 0 Å². The van der Waals surface area contributed by atoms with Gasteiger partial charge in [-0.25, -0.2) is 16.8 Å². The van der Waals surface area contributed by atoms with Crippen molar-refractivity contribution in [2.75, 3.05) is 0 Å². The Kier molecular flexibility index (Phi) is 13.4.